The molecule has 2 atom stereocenters. The Balaban J connectivity index is 1.75. The van der Waals surface area contributed by atoms with Gasteiger partial charge in [0.05, 0.1) is 20.3 Å². The second-order valence-electron chi connectivity index (χ2n) is 7.70. The van der Waals surface area contributed by atoms with Gasteiger partial charge in [-0.1, -0.05) is 41.9 Å². The summed E-state index contributed by atoms with van der Waals surface area (Å²) in [7, 11) is 3.05. The van der Waals surface area contributed by atoms with E-state index < -0.39 is 6.04 Å². The summed E-state index contributed by atoms with van der Waals surface area (Å²) >= 11 is 3.59. The first-order valence-corrected chi connectivity index (χ1v) is 10.7. The van der Waals surface area contributed by atoms with Gasteiger partial charge >= 0.3 is 0 Å². The van der Waals surface area contributed by atoms with Crippen LogP contribution in [0.15, 0.2) is 40.9 Å². The SMILES string of the molecule is COc1cc(OC)cc(C(=O)NC(C(=O)NC2CCc3c(Br)cccc32)C(C)C)c1. The molecular formula is C23H27BrN2O4. The van der Waals surface area contributed by atoms with Crippen molar-refractivity contribution in [3.63, 3.8) is 0 Å². The fourth-order valence-electron chi connectivity index (χ4n) is 3.72. The Labute approximate surface area is 185 Å². The van der Waals surface area contributed by atoms with E-state index in [0.29, 0.717) is 17.1 Å². The average molecular weight is 475 g/mol. The third-order valence-electron chi connectivity index (χ3n) is 5.38. The number of carbonyl (C=O) groups is 2. The van der Waals surface area contributed by atoms with Gasteiger partial charge in [0.25, 0.3) is 5.91 Å². The monoisotopic (exact) mass is 474 g/mol. The molecule has 0 bridgehead atoms. The molecule has 0 saturated heterocycles. The molecule has 0 fully saturated rings. The highest BCUT2D eigenvalue weighted by atomic mass is 79.9. The first kappa shape index (κ1) is 22.2. The van der Waals surface area contributed by atoms with Crippen LogP contribution < -0.4 is 20.1 Å². The lowest BCUT2D eigenvalue weighted by molar-refractivity contribution is -0.124. The zero-order chi connectivity index (χ0) is 21.8. The minimum Gasteiger partial charge on any atom is -0.497 e. The van der Waals surface area contributed by atoms with Crippen LogP contribution in [0, 0.1) is 5.92 Å². The number of fused-ring (bicyclic) bond motifs is 1. The van der Waals surface area contributed by atoms with Crippen LogP contribution in [0.3, 0.4) is 0 Å². The highest BCUT2D eigenvalue weighted by Crippen LogP contribution is 2.35. The van der Waals surface area contributed by atoms with Crippen molar-refractivity contribution in [2.24, 2.45) is 5.92 Å². The van der Waals surface area contributed by atoms with Crippen molar-refractivity contribution in [2.45, 2.75) is 38.8 Å². The molecule has 0 radical (unpaired) electrons. The van der Waals surface area contributed by atoms with Crippen LogP contribution in [0.5, 0.6) is 11.5 Å². The number of amides is 2. The van der Waals surface area contributed by atoms with Crippen LogP contribution in [0.4, 0.5) is 0 Å². The molecule has 0 spiro atoms. The zero-order valence-corrected chi connectivity index (χ0v) is 19.2. The van der Waals surface area contributed by atoms with Gasteiger partial charge in [0.1, 0.15) is 17.5 Å². The number of benzene rings is 2. The lowest BCUT2D eigenvalue weighted by Crippen LogP contribution is -2.50. The maximum absolute atomic E-state index is 13.1. The maximum Gasteiger partial charge on any atom is 0.252 e. The Morgan fingerprint density at radius 3 is 2.37 bits per heavy atom. The van der Waals surface area contributed by atoms with Gasteiger partial charge in [-0.3, -0.25) is 9.59 Å². The van der Waals surface area contributed by atoms with Crippen LogP contribution in [-0.4, -0.2) is 32.1 Å². The largest absolute Gasteiger partial charge is 0.497 e. The molecule has 2 aromatic rings. The highest BCUT2D eigenvalue weighted by Gasteiger charge is 2.30. The second-order valence-corrected chi connectivity index (χ2v) is 8.56. The van der Waals surface area contributed by atoms with Crippen LogP contribution in [0.2, 0.25) is 0 Å². The summed E-state index contributed by atoms with van der Waals surface area (Å²) < 4.78 is 11.5. The molecule has 3 rings (SSSR count). The molecular weight excluding hydrogens is 448 g/mol. The number of rotatable bonds is 7. The molecule has 7 heteroatoms. The van der Waals surface area contributed by atoms with Gasteiger partial charge in [0.15, 0.2) is 0 Å². The molecule has 2 N–H and O–H groups in total. The molecule has 0 aliphatic heterocycles. The summed E-state index contributed by atoms with van der Waals surface area (Å²) in [4.78, 5) is 25.9. The fourth-order valence-corrected chi connectivity index (χ4v) is 4.30. The summed E-state index contributed by atoms with van der Waals surface area (Å²) in [5.41, 5.74) is 2.74. The van der Waals surface area contributed by atoms with Crippen LogP contribution in [0.25, 0.3) is 0 Å². The third kappa shape index (κ3) is 4.78. The Morgan fingerprint density at radius 2 is 1.77 bits per heavy atom. The van der Waals surface area contributed by atoms with Gasteiger partial charge in [-0.2, -0.15) is 0 Å². The zero-order valence-electron chi connectivity index (χ0n) is 17.6. The van der Waals surface area contributed by atoms with Gasteiger partial charge in [-0.15, -0.1) is 0 Å². The van der Waals surface area contributed by atoms with Crippen molar-refractivity contribution in [2.75, 3.05) is 14.2 Å². The van der Waals surface area contributed by atoms with E-state index >= 15 is 0 Å². The number of halogens is 1. The predicted octanol–water partition coefficient (Wildman–Crippen LogP) is 4.02. The summed E-state index contributed by atoms with van der Waals surface area (Å²) in [6.45, 7) is 3.83. The molecule has 160 valence electrons. The molecule has 2 aromatic carbocycles. The second kappa shape index (κ2) is 9.51. The normalized spacial score (nSPS) is 16.0. The third-order valence-corrected chi connectivity index (χ3v) is 6.12. The van der Waals surface area contributed by atoms with E-state index in [1.807, 2.05) is 32.0 Å². The summed E-state index contributed by atoms with van der Waals surface area (Å²) in [6.07, 6.45) is 1.75. The molecule has 0 aromatic heterocycles. The summed E-state index contributed by atoms with van der Waals surface area (Å²) in [6, 6.07) is 10.3. The van der Waals surface area contributed by atoms with Gasteiger partial charge in [0.2, 0.25) is 5.91 Å². The Kier molecular flexibility index (Phi) is 7.02. The van der Waals surface area contributed by atoms with Crippen molar-refractivity contribution >= 4 is 27.7 Å². The molecule has 30 heavy (non-hydrogen) atoms. The molecule has 0 heterocycles. The van der Waals surface area contributed by atoms with E-state index in [1.54, 1.807) is 18.2 Å². The van der Waals surface area contributed by atoms with Crippen molar-refractivity contribution in [3.05, 3.63) is 57.6 Å². The summed E-state index contributed by atoms with van der Waals surface area (Å²) in [5, 5.41) is 5.99. The van der Waals surface area contributed by atoms with Gasteiger partial charge in [0, 0.05) is 16.1 Å². The quantitative estimate of drug-likeness (QED) is 0.634. The minimum atomic E-state index is -0.661. The molecule has 6 nitrogen and oxygen atoms in total. The smallest absolute Gasteiger partial charge is 0.252 e. The molecule has 0 saturated carbocycles. The van der Waals surface area contributed by atoms with Crippen LogP contribution >= 0.6 is 15.9 Å². The van der Waals surface area contributed by atoms with Crippen LogP contribution in [-0.2, 0) is 11.2 Å². The van der Waals surface area contributed by atoms with Crippen molar-refractivity contribution in [3.8, 4) is 11.5 Å². The lowest BCUT2D eigenvalue weighted by Gasteiger charge is -2.24. The van der Waals surface area contributed by atoms with E-state index in [-0.39, 0.29) is 23.8 Å². The van der Waals surface area contributed by atoms with E-state index in [2.05, 4.69) is 26.6 Å². The Hall–Kier alpha value is -2.54. The number of hydrogen-bond acceptors (Lipinski definition) is 4. The number of carbonyl (C=O) groups excluding carboxylic acids is 2. The molecule has 2 unspecified atom stereocenters. The van der Waals surface area contributed by atoms with Gasteiger partial charge in [-0.25, -0.2) is 0 Å². The lowest BCUT2D eigenvalue weighted by atomic mass is 10.0. The molecule has 1 aliphatic carbocycles. The molecule has 1 aliphatic rings. The Bertz CT molecular complexity index is 923. The number of methoxy groups -OCH3 is 2. The van der Waals surface area contributed by atoms with Crippen LogP contribution in [0.1, 0.15) is 47.8 Å². The first-order valence-electron chi connectivity index (χ1n) is 9.95. The number of hydrogen-bond donors (Lipinski definition) is 2. The predicted molar refractivity (Wildman–Crippen MR) is 119 cm³/mol. The fraction of sp³-hybridized carbons (Fsp3) is 0.391. The Morgan fingerprint density at radius 1 is 1.10 bits per heavy atom. The molecule has 2 amide bonds. The first-order chi connectivity index (χ1) is 14.3. The average Bonchev–Trinajstić information content (AvgIpc) is 3.15. The van der Waals surface area contributed by atoms with E-state index in [0.717, 1.165) is 22.9 Å². The standard InChI is InChI=1S/C23H27BrN2O4/c1-13(2)21(26-22(27)14-10-15(29-3)12-16(11-14)30-4)23(28)25-20-9-8-17-18(20)6-5-7-19(17)24/h5-7,10-13,20-21H,8-9H2,1-4H3,(H,25,28)(H,26,27). The van der Waals surface area contributed by atoms with Crippen molar-refractivity contribution < 1.29 is 19.1 Å². The van der Waals surface area contributed by atoms with Crippen molar-refractivity contribution in [1.82, 2.24) is 10.6 Å². The van der Waals surface area contributed by atoms with E-state index in [4.69, 9.17) is 9.47 Å². The summed E-state index contributed by atoms with van der Waals surface area (Å²) in [5.74, 6) is 0.405. The number of nitrogens with one attached hydrogen (secondary N) is 2. The minimum absolute atomic E-state index is 0.0555. The number of ether oxygens (including phenoxy) is 2. The maximum atomic E-state index is 13.1. The topological polar surface area (TPSA) is 76.7 Å². The van der Waals surface area contributed by atoms with E-state index in [9.17, 15) is 9.59 Å². The van der Waals surface area contributed by atoms with E-state index in [1.165, 1.54) is 19.8 Å². The van der Waals surface area contributed by atoms with Crippen molar-refractivity contribution in [1.29, 1.82) is 0 Å². The highest BCUT2D eigenvalue weighted by molar-refractivity contribution is 9.10. The van der Waals surface area contributed by atoms with Gasteiger partial charge in [-0.05, 0) is 48.1 Å². The van der Waals surface area contributed by atoms with Gasteiger partial charge < -0.3 is 20.1 Å².